The number of ether oxygens (including phenoxy) is 1. The van der Waals surface area contributed by atoms with Crippen LogP contribution in [0.3, 0.4) is 0 Å². The van der Waals surface area contributed by atoms with E-state index in [0.717, 1.165) is 33.5 Å². The number of esters is 1. The average molecular weight is 417 g/mol. The fourth-order valence-corrected chi connectivity index (χ4v) is 3.91. The van der Waals surface area contributed by atoms with Gasteiger partial charge in [-0.3, -0.25) is 15.1 Å². The third-order valence-corrected chi connectivity index (χ3v) is 5.40. The van der Waals surface area contributed by atoms with Crippen LogP contribution in [0.1, 0.15) is 32.6 Å². The lowest BCUT2D eigenvalue weighted by Crippen LogP contribution is -2.11. The Morgan fingerprint density at radius 1 is 1.03 bits per heavy atom. The van der Waals surface area contributed by atoms with Crippen LogP contribution in [-0.2, 0) is 4.74 Å². The molecular formula is C23H19N3O3S. The predicted octanol–water partition coefficient (Wildman–Crippen LogP) is 5.10. The molecular weight excluding hydrogens is 398 g/mol. The predicted molar refractivity (Wildman–Crippen MR) is 118 cm³/mol. The molecule has 0 fully saturated rings. The van der Waals surface area contributed by atoms with Gasteiger partial charge < -0.3 is 4.74 Å². The molecule has 1 N–H and O–H groups in total. The monoisotopic (exact) mass is 417 g/mol. The first-order chi connectivity index (χ1) is 14.5. The number of carbonyl (C=O) groups is 2. The third-order valence-electron chi connectivity index (χ3n) is 4.45. The van der Waals surface area contributed by atoms with E-state index in [0.29, 0.717) is 21.3 Å². The van der Waals surface area contributed by atoms with Crippen molar-refractivity contribution in [1.82, 2.24) is 9.97 Å². The number of fused-ring (bicyclic) bond motifs is 1. The molecule has 1 amide bonds. The van der Waals surface area contributed by atoms with Crippen LogP contribution in [0.4, 0.5) is 5.13 Å². The fourth-order valence-electron chi connectivity index (χ4n) is 3.03. The molecule has 0 spiro atoms. The third kappa shape index (κ3) is 4.06. The summed E-state index contributed by atoms with van der Waals surface area (Å²) in [7, 11) is 0. The molecule has 0 aliphatic carbocycles. The number of amides is 1. The van der Waals surface area contributed by atoms with Gasteiger partial charge in [0.15, 0.2) is 5.13 Å². The summed E-state index contributed by atoms with van der Waals surface area (Å²) < 4.78 is 5.16. The molecule has 2 aromatic carbocycles. The van der Waals surface area contributed by atoms with Gasteiger partial charge in [-0.1, -0.05) is 53.8 Å². The van der Waals surface area contributed by atoms with Crippen LogP contribution in [0.15, 0.2) is 60.7 Å². The van der Waals surface area contributed by atoms with E-state index >= 15 is 0 Å². The number of rotatable bonds is 5. The lowest BCUT2D eigenvalue weighted by molar-refractivity contribution is 0.0532. The van der Waals surface area contributed by atoms with E-state index < -0.39 is 5.97 Å². The van der Waals surface area contributed by atoms with Crippen LogP contribution in [0, 0.1) is 6.92 Å². The van der Waals surface area contributed by atoms with E-state index in [9.17, 15) is 9.59 Å². The Labute approximate surface area is 177 Å². The fraction of sp³-hybridized carbons (Fsp3) is 0.130. The van der Waals surface area contributed by atoms with Gasteiger partial charge in [-0.25, -0.2) is 9.78 Å². The summed E-state index contributed by atoms with van der Waals surface area (Å²) in [6.45, 7) is 3.92. The van der Waals surface area contributed by atoms with Crippen molar-refractivity contribution >= 4 is 39.2 Å². The van der Waals surface area contributed by atoms with Crippen molar-refractivity contribution in [3.05, 3.63) is 76.8 Å². The zero-order valence-electron chi connectivity index (χ0n) is 16.5. The van der Waals surface area contributed by atoms with Crippen LogP contribution in [-0.4, -0.2) is 28.5 Å². The van der Waals surface area contributed by atoms with E-state index in [4.69, 9.17) is 4.74 Å². The first kappa shape index (κ1) is 19.7. The van der Waals surface area contributed by atoms with Gasteiger partial charge in [-0.15, -0.1) is 0 Å². The molecule has 4 rings (SSSR count). The lowest BCUT2D eigenvalue weighted by Gasteiger charge is -2.04. The van der Waals surface area contributed by atoms with Crippen molar-refractivity contribution in [2.45, 2.75) is 13.8 Å². The maximum absolute atomic E-state index is 12.8. The molecule has 7 heteroatoms. The van der Waals surface area contributed by atoms with Crippen LogP contribution in [0.5, 0.6) is 0 Å². The Hall–Kier alpha value is -3.58. The highest BCUT2D eigenvalue weighted by Gasteiger charge is 2.22. The SMILES string of the molecule is CCOC(=O)c1sc(NC(=O)c2ccc3ccc(C)nc3c2)nc1-c1ccccc1. The number of hydrogen-bond donors (Lipinski definition) is 1. The smallest absolute Gasteiger partial charge is 0.350 e. The van der Waals surface area contributed by atoms with Gasteiger partial charge in [0.1, 0.15) is 4.88 Å². The molecule has 0 bridgehead atoms. The Bertz CT molecular complexity index is 1240. The Kier molecular flexibility index (Phi) is 5.54. The first-order valence-electron chi connectivity index (χ1n) is 9.47. The summed E-state index contributed by atoms with van der Waals surface area (Å²) >= 11 is 1.10. The number of nitrogens with zero attached hydrogens (tertiary/aromatic N) is 2. The molecule has 2 heterocycles. The maximum atomic E-state index is 12.8. The molecule has 6 nitrogen and oxygen atoms in total. The molecule has 0 aliphatic rings. The van der Waals surface area contributed by atoms with E-state index in [1.54, 1.807) is 19.1 Å². The molecule has 150 valence electrons. The zero-order chi connectivity index (χ0) is 21.1. The van der Waals surface area contributed by atoms with Crippen molar-refractivity contribution in [3.63, 3.8) is 0 Å². The van der Waals surface area contributed by atoms with Crippen LogP contribution >= 0.6 is 11.3 Å². The quantitative estimate of drug-likeness (QED) is 0.457. The number of aryl methyl sites for hydroxylation is 1. The normalized spacial score (nSPS) is 10.7. The summed E-state index contributed by atoms with van der Waals surface area (Å²) in [4.78, 5) is 34.5. The summed E-state index contributed by atoms with van der Waals surface area (Å²) in [5, 5.41) is 4.09. The highest BCUT2D eigenvalue weighted by Crippen LogP contribution is 2.32. The molecule has 0 saturated heterocycles. The molecule has 30 heavy (non-hydrogen) atoms. The summed E-state index contributed by atoms with van der Waals surface area (Å²) in [6.07, 6.45) is 0. The Balaban J connectivity index is 1.65. The topological polar surface area (TPSA) is 81.2 Å². The molecule has 2 aromatic heterocycles. The summed E-state index contributed by atoms with van der Waals surface area (Å²) in [6, 6.07) is 18.6. The van der Waals surface area contributed by atoms with E-state index in [1.165, 1.54) is 0 Å². The van der Waals surface area contributed by atoms with Crippen molar-refractivity contribution in [2.75, 3.05) is 11.9 Å². The minimum Gasteiger partial charge on any atom is -0.462 e. The van der Waals surface area contributed by atoms with Crippen molar-refractivity contribution < 1.29 is 14.3 Å². The van der Waals surface area contributed by atoms with Crippen molar-refractivity contribution in [1.29, 1.82) is 0 Å². The number of nitrogens with one attached hydrogen (secondary N) is 1. The van der Waals surface area contributed by atoms with Crippen molar-refractivity contribution in [2.24, 2.45) is 0 Å². The standard InChI is InChI=1S/C23H19N3O3S/c1-3-29-22(28)20-19(16-7-5-4-6-8-16)25-23(30-20)26-21(27)17-12-11-15-10-9-14(2)24-18(15)13-17/h4-13H,3H2,1-2H3,(H,25,26,27). The Morgan fingerprint density at radius 2 is 1.80 bits per heavy atom. The number of thiazole rings is 1. The second kappa shape index (κ2) is 8.42. The van der Waals surface area contributed by atoms with E-state index in [1.807, 2.05) is 55.5 Å². The van der Waals surface area contributed by atoms with Gasteiger partial charge >= 0.3 is 5.97 Å². The van der Waals surface area contributed by atoms with Crippen LogP contribution in [0.2, 0.25) is 0 Å². The zero-order valence-corrected chi connectivity index (χ0v) is 17.3. The maximum Gasteiger partial charge on any atom is 0.350 e. The Morgan fingerprint density at radius 3 is 2.57 bits per heavy atom. The second-order valence-corrected chi connectivity index (χ2v) is 7.60. The molecule has 0 atom stereocenters. The minimum atomic E-state index is -0.459. The number of hydrogen-bond acceptors (Lipinski definition) is 6. The van der Waals surface area contributed by atoms with Crippen LogP contribution in [0.25, 0.3) is 22.2 Å². The minimum absolute atomic E-state index is 0.260. The molecule has 0 saturated carbocycles. The van der Waals surface area contributed by atoms with Gasteiger partial charge in [0.25, 0.3) is 5.91 Å². The number of pyridine rings is 1. The number of aromatic nitrogens is 2. The van der Waals surface area contributed by atoms with Gasteiger partial charge in [0.2, 0.25) is 0 Å². The molecule has 0 aliphatic heterocycles. The second-order valence-electron chi connectivity index (χ2n) is 6.60. The molecule has 4 aromatic rings. The van der Waals surface area contributed by atoms with Gasteiger partial charge in [0, 0.05) is 22.2 Å². The first-order valence-corrected chi connectivity index (χ1v) is 10.3. The average Bonchev–Trinajstić information content (AvgIpc) is 3.18. The number of carbonyl (C=O) groups excluding carboxylic acids is 2. The summed E-state index contributed by atoms with van der Waals surface area (Å²) in [5.74, 6) is -0.774. The van der Waals surface area contributed by atoms with Gasteiger partial charge in [0.05, 0.1) is 17.8 Å². The summed E-state index contributed by atoms with van der Waals surface area (Å²) in [5.41, 5.74) is 3.37. The van der Waals surface area contributed by atoms with Crippen LogP contribution < -0.4 is 5.32 Å². The van der Waals surface area contributed by atoms with Gasteiger partial charge in [-0.05, 0) is 32.0 Å². The van der Waals surface area contributed by atoms with E-state index in [-0.39, 0.29) is 12.5 Å². The largest absolute Gasteiger partial charge is 0.462 e. The van der Waals surface area contributed by atoms with Crippen molar-refractivity contribution in [3.8, 4) is 11.3 Å². The lowest BCUT2D eigenvalue weighted by atomic mass is 10.1. The molecule has 0 unspecified atom stereocenters. The number of anilines is 1. The highest BCUT2D eigenvalue weighted by atomic mass is 32.1. The van der Waals surface area contributed by atoms with Gasteiger partial charge in [-0.2, -0.15) is 0 Å². The number of benzene rings is 2. The van der Waals surface area contributed by atoms with E-state index in [2.05, 4.69) is 15.3 Å². The highest BCUT2D eigenvalue weighted by molar-refractivity contribution is 7.18. The molecule has 0 radical (unpaired) electrons.